The van der Waals surface area contributed by atoms with Gasteiger partial charge in [0.25, 0.3) is 0 Å². The molecule has 0 saturated carbocycles. The number of nitrogens with zero attached hydrogens (tertiary/aromatic N) is 2. The van der Waals surface area contributed by atoms with Gasteiger partial charge >= 0.3 is 0 Å². The van der Waals surface area contributed by atoms with Gasteiger partial charge in [-0.05, 0) is 37.4 Å². The molecule has 0 aliphatic carbocycles. The fraction of sp³-hybridized carbons (Fsp3) is 0.583. The van der Waals surface area contributed by atoms with E-state index in [-0.39, 0.29) is 6.61 Å². The van der Waals surface area contributed by atoms with Crippen LogP contribution >= 0.6 is 0 Å². The zero-order valence-electron chi connectivity index (χ0n) is 9.19. The van der Waals surface area contributed by atoms with Crippen LogP contribution < -0.4 is 0 Å². The van der Waals surface area contributed by atoms with Crippen LogP contribution in [0.3, 0.4) is 0 Å². The van der Waals surface area contributed by atoms with Crippen molar-refractivity contribution in [1.82, 2.24) is 9.88 Å². The second-order valence-corrected chi connectivity index (χ2v) is 4.32. The van der Waals surface area contributed by atoms with Gasteiger partial charge in [0.15, 0.2) is 0 Å². The van der Waals surface area contributed by atoms with Crippen molar-refractivity contribution < 1.29 is 5.11 Å². The van der Waals surface area contributed by atoms with E-state index in [0.29, 0.717) is 6.04 Å². The van der Waals surface area contributed by atoms with Crippen LogP contribution in [0.2, 0.25) is 0 Å². The average molecular weight is 206 g/mol. The molecule has 1 N–H and O–H groups in total. The maximum atomic E-state index is 9.21. The zero-order chi connectivity index (χ0) is 10.7. The summed E-state index contributed by atoms with van der Waals surface area (Å²) in [6, 6.07) is 2.52. The number of pyridine rings is 1. The molecular weight excluding hydrogens is 188 g/mol. The van der Waals surface area contributed by atoms with E-state index in [1.807, 2.05) is 12.4 Å². The van der Waals surface area contributed by atoms with Crippen LogP contribution in [0.25, 0.3) is 0 Å². The number of hydrogen-bond acceptors (Lipinski definition) is 3. The molecule has 0 radical (unpaired) electrons. The maximum absolute atomic E-state index is 9.21. The second kappa shape index (κ2) is 4.73. The molecule has 82 valence electrons. The number of likely N-dealkylation sites (tertiary alicyclic amines) is 1. The summed E-state index contributed by atoms with van der Waals surface area (Å²) in [5.41, 5.74) is 2.45. The molecule has 1 aliphatic heterocycles. The Balaban J connectivity index is 2.02. The summed E-state index contributed by atoms with van der Waals surface area (Å²) >= 11 is 0. The van der Waals surface area contributed by atoms with Gasteiger partial charge < -0.3 is 5.11 Å². The molecule has 0 unspecified atom stereocenters. The van der Waals surface area contributed by atoms with E-state index < -0.39 is 0 Å². The van der Waals surface area contributed by atoms with Crippen molar-refractivity contribution in [3.63, 3.8) is 0 Å². The minimum Gasteiger partial charge on any atom is -0.395 e. The van der Waals surface area contributed by atoms with Crippen molar-refractivity contribution in [2.75, 3.05) is 13.2 Å². The maximum Gasteiger partial charge on any atom is 0.0587 e. The van der Waals surface area contributed by atoms with Crippen LogP contribution in [0.4, 0.5) is 0 Å². The van der Waals surface area contributed by atoms with Crippen molar-refractivity contribution in [2.45, 2.75) is 32.4 Å². The van der Waals surface area contributed by atoms with Gasteiger partial charge in [0, 0.05) is 25.0 Å². The predicted molar refractivity (Wildman–Crippen MR) is 59.5 cm³/mol. The van der Waals surface area contributed by atoms with E-state index in [9.17, 15) is 5.11 Å². The molecule has 0 amide bonds. The lowest BCUT2D eigenvalue weighted by molar-refractivity contribution is 0.153. The Morgan fingerprint density at radius 2 is 2.40 bits per heavy atom. The third-order valence-electron chi connectivity index (χ3n) is 3.03. The van der Waals surface area contributed by atoms with Crippen molar-refractivity contribution in [1.29, 1.82) is 0 Å². The van der Waals surface area contributed by atoms with Gasteiger partial charge in [-0.25, -0.2) is 0 Å². The molecule has 0 bridgehead atoms. The third kappa shape index (κ3) is 2.55. The summed E-state index contributed by atoms with van der Waals surface area (Å²) in [5.74, 6) is 0. The normalized spacial score (nSPS) is 22.1. The quantitative estimate of drug-likeness (QED) is 0.811. The highest BCUT2D eigenvalue weighted by atomic mass is 16.3. The first-order chi connectivity index (χ1) is 7.29. The van der Waals surface area contributed by atoms with Crippen molar-refractivity contribution in [3.05, 3.63) is 29.6 Å². The van der Waals surface area contributed by atoms with E-state index in [2.05, 4.69) is 22.9 Å². The van der Waals surface area contributed by atoms with E-state index in [4.69, 9.17) is 0 Å². The fourth-order valence-corrected chi connectivity index (χ4v) is 2.25. The molecule has 3 nitrogen and oxygen atoms in total. The van der Waals surface area contributed by atoms with Gasteiger partial charge in [0.2, 0.25) is 0 Å². The van der Waals surface area contributed by atoms with E-state index in [1.54, 1.807) is 0 Å². The highest BCUT2D eigenvalue weighted by molar-refractivity contribution is 5.16. The Morgan fingerprint density at radius 1 is 1.53 bits per heavy atom. The highest BCUT2D eigenvalue weighted by Crippen LogP contribution is 2.19. The summed E-state index contributed by atoms with van der Waals surface area (Å²) in [6.07, 6.45) is 6.11. The Bertz CT molecular complexity index is 327. The number of aliphatic hydroxyl groups excluding tert-OH is 1. The van der Waals surface area contributed by atoms with Crippen LogP contribution in [0.15, 0.2) is 18.5 Å². The van der Waals surface area contributed by atoms with Gasteiger partial charge in [-0.3, -0.25) is 9.88 Å². The Kier molecular flexibility index (Phi) is 3.34. The van der Waals surface area contributed by atoms with E-state index in [0.717, 1.165) is 19.5 Å². The van der Waals surface area contributed by atoms with Crippen LogP contribution in [-0.4, -0.2) is 34.2 Å². The van der Waals surface area contributed by atoms with E-state index >= 15 is 0 Å². The standard InChI is InChI=1S/C12H18N2O/c1-10-5-11(7-13-6-10)8-14-4-2-3-12(14)9-15/h5-7,12,15H,2-4,8-9H2,1H3/t12-/m0/s1. The minimum atomic E-state index is 0.277. The van der Waals surface area contributed by atoms with Crippen LogP contribution in [0.5, 0.6) is 0 Å². The molecule has 1 aromatic heterocycles. The van der Waals surface area contributed by atoms with Gasteiger partial charge in [-0.15, -0.1) is 0 Å². The minimum absolute atomic E-state index is 0.277. The van der Waals surface area contributed by atoms with Gasteiger partial charge in [-0.1, -0.05) is 6.07 Å². The van der Waals surface area contributed by atoms with Crippen molar-refractivity contribution in [2.24, 2.45) is 0 Å². The fourth-order valence-electron chi connectivity index (χ4n) is 2.25. The predicted octanol–water partition coefficient (Wildman–Crippen LogP) is 1.35. The number of aryl methyl sites for hydroxylation is 1. The summed E-state index contributed by atoms with van der Waals surface area (Å²) in [6.45, 7) is 4.35. The van der Waals surface area contributed by atoms with Crippen molar-refractivity contribution >= 4 is 0 Å². The summed E-state index contributed by atoms with van der Waals surface area (Å²) in [5, 5.41) is 9.21. The molecule has 2 rings (SSSR count). The van der Waals surface area contributed by atoms with Crippen molar-refractivity contribution in [3.8, 4) is 0 Å². The Morgan fingerprint density at radius 3 is 3.13 bits per heavy atom. The monoisotopic (exact) mass is 206 g/mol. The topological polar surface area (TPSA) is 36.4 Å². The molecule has 1 aromatic rings. The smallest absolute Gasteiger partial charge is 0.0587 e. The first-order valence-corrected chi connectivity index (χ1v) is 5.55. The first-order valence-electron chi connectivity index (χ1n) is 5.55. The third-order valence-corrected chi connectivity index (χ3v) is 3.03. The first kappa shape index (κ1) is 10.6. The second-order valence-electron chi connectivity index (χ2n) is 4.32. The lowest BCUT2D eigenvalue weighted by atomic mass is 10.2. The molecule has 2 heterocycles. The molecule has 0 spiro atoms. The average Bonchev–Trinajstić information content (AvgIpc) is 2.65. The zero-order valence-corrected chi connectivity index (χ0v) is 9.19. The lowest BCUT2D eigenvalue weighted by Gasteiger charge is -2.22. The van der Waals surface area contributed by atoms with E-state index in [1.165, 1.54) is 17.5 Å². The molecule has 1 fully saturated rings. The Labute approximate surface area is 90.8 Å². The molecule has 3 heteroatoms. The van der Waals surface area contributed by atoms with Crippen LogP contribution in [0.1, 0.15) is 24.0 Å². The molecule has 15 heavy (non-hydrogen) atoms. The van der Waals surface area contributed by atoms with Gasteiger partial charge in [0.1, 0.15) is 0 Å². The van der Waals surface area contributed by atoms with Gasteiger partial charge in [0.05, 0.1) is 6.61 Å². The molecule has 1 aliphatic rings. The summed E-state index contributed by atoms with van der Waals surface area (Å²) in [4.78, 5) is 6.53. The highest BCUT2D eigenvalue weighted by Gasteiger charge is 2.23. The molecular formula is C12H18N2O. The lowest BCUT2D eigenvalue weighted by Crippen LogP contribution is -2.31. The molecule has 0 aromatic carbocycles. The number of hydrogen-bond donors (Lipinski definition) is 1. The van der Waals surface area contributed by atoms with Crippen LogP contribution in [-0.2, 0) is 6.54 Å². The SMILES string of the molecule is Cc1cncc(CN2CCC[C@H]2CO)c1. The number of rotatable bonds is 3. The Hall–Kier alpha value is -0.930. The molecule has 1 saturated heterocycles. The summed E-state index contributed by atoms with van der Waals surface area (Å²) < 4.78 is 0. The summed E-state index contributed by atoms with van der Waals surface area (Å²) in [7, 11) is 0. The molecule has 1 atom stereocenters. The number of aromatic nitrogens is 1. The van der Waals surface area contributed by atoms with Crippen LogP contribution in [0, 0.1) is 6.92 Å². The largest absolute Gasteiger partial charge is 0.395 e. The number of aliphatic hydroxyl groups is 1. The van der Waals surface area contributed by atoms with Gasteiger partial charge in [-0.2, -0.15) is 0 Å².